The molecule has 0 spiro atoms. The zero-order chi connectivity index (χ0) is 14.5. The van der Waals surface area contributed by atoms with E-state index in [1.165, 1.54) is 6.21 Å². The van der Waals surface area contributed by atoms with Crippen LogP contribution in [0.1, 0.15) is 15.9 Å². The number of rotatable bonds is 3. The first-order valence-corrected chi connectivity index (χ1v) is 6.46. The highest BCUT2D eigenvalue weighted by atomic mass is 35.5. The number of carbonyl (C=O) groups excluding carboxylic acids is 1. The summed E-state index contributed by atoms with van der Waals surface area (Å²) in [4.78, 5) is 11.8. The van der Waals surface area contributed by atoms with Crippen LogP contribution in [0.15, 0.2) is 47.6 Å². The van der Waals surface area contributed by atoms with Gasteiger partial charge < -0.3 is 5.73 Å². The van der Waals surface area contributed by atoms with Crippen LogP contribution in [0.25, 0.3) is 0 Å². The molecule has 0 atom stereocenters. The van der Waals surface area contributed by atoms with E-state index in [0.717, 1.165) is 5.56 Å². The van der Waals surface area contributed by atoms with Gasteiger partial charge in [0.15, 0.2) is 0 Å². The van der Waals surface area contributed by atoms with Gasteiger partial charge in [-0.3, -0.25) is 4.79 Å². The standard InChI is InChI=1S/C14H11Cl2N3O/c15-11-6-5-9(7-12(11)16)8-18-19-14(20)10-3-1-2-4-13(10)17/h1-8H,17H2,(H,19,20)/b18-8-. The molecule has 1 amide bonds. The van der Waals surface area contributed by atoms with Gasteiger partial charge in [-0.1, -0.05) is 41.4 Å². The second-order valence-electron chi connectivity index (χ2n) is 3.96. The quantitative estimate of drug-likeness (QED) is 0.519. The summed E-state index contributed by atoms with van der Waals surface area (Å²) in [5.74, 6) is -0.376. The number of nitrogens with two attached hydrogens (primary N) is 1. The third kappa shape index (κ3) is 3.50. The number of nitrogens with one attached hydrogen (secondary N) is 1. The highest BCUT2D eigenvalue weighted by Crippen LogP contribution is 2.21. The van der Waals surface area contributed by atoms with E-state index in [9.17, 15) is 4.79 Å². The van der Waals surface area contributed by atoms with Crippen LogP contribution in [0.4, 0.5) is 5.69 Å². The molecule has 0 saturated heterocycles. The maximum atomic E-state index is 11.8. The first-order valence-electron chi connectivity index (χ1n) is 5.71. The van der Waals surface area contributed by atoms with E-state index in [0.29, 0.717) is 21.3 Å². The number of hydrogen-bond donors (Lipinski definition) is 2. The fourth-order valence-corrected chi connectivity index (χ4v) is 1.83. The lowest BCUT2D eigenvalue weighted by atomic mass is 10.2. The van der Waals surface area contributed by atoms with Gasteiger partial charge in [0.2, 0.25) is 0 Å². The van der Waals surface area contributed by atoms with Crippen molar-refractivity contribution in [3.05, 3.63) is 63.6 Å². The molecule has 6 heteroatoms. The fourth-order valence-electron chi connectivity index (χ4n) is 1.52. The van der Waals surface area contributed by atoms with Crippen LogP contribution in [0.5, 0.6) is 0 Å². The number of hydrogen-bond acceptors (Lipinski definition) is 3. The van der Waals surface area contributed by atoms with E-state index in [1.807, 2.05) is 0 Å². The maximum absolute atomic E-state index is 11.8. The minimum Gasteiger partial charge on any atom is -0.398 e. The predicted molar refractivity (Wildman–Crippen MR) is 82.4 cm³/mol. The van der Waals surface area contributed by atoms with Crippen LogP contribution in [0.2, 0.25) is 10.0 Å². The minimum absolute atomic E-state index is 0.374. The topological polar surface area (TPSA) is 67.5 Å². The Hall–Kier alpha value is -2.04. The van der Waals surface area contributed by atoms with Crippen molar-refractivity contribution in [2.24, 2.45) is 5.10 Å². The molecule has 0 aliphatic heterocycles. The monoisotopic (exact) mass is 307 g/mol. The van der Waals surface area contributed by atoms with E-state index < -0.39 is 0 Å². The molecule has 0 aromatic heterocycles. The van der Waals surface area contributed by atoms with Gasteiger partial charge >= 0.3 is 0 Å². The number of hydrazone groups is 1. The number of nitrogens with zero attached hydrogens (tertiary/aromatic N) is 1. The van der Waals surface area contributed by atoms with Crippen molar-refractivity contribution in [1.82, 2.24) is 5.43 Å². The molecule has 0 aliphatic carbocycles. The Kier molecular flexibility index (Phi) is 4.61. The summed E-state index contributed by atoms with van der Waals surface area (Å²) in [5.41, 5.74) is 9.59. The number of benzene rings is 2. The molecule has 0 fully saturated rings. The highest BCUT2D eigenvalue weighted by molar-refractivity contribution is 6.42. The average Bonchev–Trinajstić information content (AvgIpc) is 2.43. The molecule has 3 N–H and O–H groups in total. The third-order valence-corrected chi connectivity index (χ3v) is 3.27. The van der Waals surface area contributed by atoms with E-state index in [1.54, 1.807) is 42.5 Å². The Balaban J connectivity index is 2.05. The average molecular weight is 308 g/mol. The smallest absolute Gasteiger partial charge is 0.273 e. The summed E-state index contributed by atoms with van der Waals surface area (Å²) in [6, 6.07) is 11.8. The molecule has 0 saturated carbocycles. The lowest BCUT2D eigenvalue weighted by Gasteiger charge is -2.03. The van der Waals surface area contributed by atoms with Gasteiger partial charge in [-0.15, -0.1) is 0 Å². The third-order valence-electron chi connectivity index (χ3n) is 2.53. The number of halogens is 2. The van der Waals surface area contributed by atoms with Crippen molar-refractivity contribution >= 4 is 41.0 Å². The van der Waals surface area contributed by atoms with Gasteiger partial charge in [-0.25, -0.2) is 5.43 Å². The first kappa shape index (κ1) is 14.4. The summed E-state index contributed by atoms with van der Waals surface area (Å²) >= 11 is 11.7. The van der Waals surface area contributed by atoms with Crippen molar-refractivity contribution in [1.29, 1.82) is 0 Å². The number of anilines is 1. The van der Waals surface area contributed by atoms with Crippen LogP contribution in [-0.2, 0) is 0 Å². The molecular weight excluding hydrogens is 297 g/mol. The van der Waals surface area contributed by atoms with Crippen molar-refractivity contribution in [3.8, 4) is 0 Å². The molecule has 20 heavy (non-hydrogen) atoms. The zero-order valence-corrected chi connectivity index (χ0v) is 11.8. The molecule has 0 aliphatic rings. The molecule has 0 bridgehead atoms. The summed E-state index contributed by atoms with van der Waals surface area (Å²) in [6.07, 6.45) is 1.47. The van der Waals surface area contributed by atoms with E-state index in [4.69, 9.17) is 28.9 Å². The number of carbonyl (C=O) groups is 1. The van der Waals surface area contributed by atoms with Gasteiger partial charge in [0.1, 0.15) is 0 Å². The molecule has 102 valence electrons. The number of amides is 1. The summed E-state index contributed by atoms with van der Waals surface area (Å²) in [6.45, 7) is 0. The summed E-state index contributed by atoms with van der Waals surface area (Å²) < 4.78 is 0. The summed E-state index contributed by atoms with van der Waals surface area (Å²) in [7, 11) is 0. The lowest BCUT2D eigenvalue weighted by molar-refractivity contribution is 0.0956. The van der Waals surface area contributed by atoms with Gasteiger partial charge in [-0.05, 0) is 29.8 Å². The molecule has 0 unspecified atom stereocenters. The Labute approximate surface area is 126 Å². The normalized spacial score (nSPS) is 10.7. The van der Waals surface area contributed by atoms with Crippen molar-refractivity contribution in [2.75, 3.05) is 5.73 Å². The molecule has 2 rings (SSSR count). The van der Waals surface area contributed by atoms with E-state index in [-0.39, 0.29) is 5.91 Å². The Morgan fingerprint density at radius 2 is 1.90 bits per heavy atom. The maximum Gasteiger partial charge on any atom is 0.273 e. The van der Waals surface area contributed by atoms with Crippen molar-refractivity contribution < 1.29 is 4.79 Å². The fraction of sp³-hybridized carbons (Fsp3) is 0. The first-order chi connectivity index (χ1) is 9.58. The van der Waals surface area contributed by atoms with Crippen LogP contribution >= 0.6 is 23.2 Å². The van der Waals surface area contributed by atoms with E-state index in [2.05, 4.69) is 10.5 Å². The second-order valence-corrected chi connectivity index (χ2v) is 4.77. The van der Waals surface area contributed by atoms with Crippen LogP contribution in [0, 0.1) is 0 Å². The molecule has 0 heterocycles. The molecule has 2 aromatic carbocycles. The largest absolute Gasteiger partial charge is 0.398 e. The minimum atomic E-state index is -0.376. The molecular formula is C14H11Cl2N3O. The van der Waals surface area contributed by atoms with Crippen molar-refractivity contribution in [3.63, 3.8) is 0 Å². The van der Waals surface area contributed by atoms with Gasteiger partial charge in [-0.2, -0.15) is 5.10 Å². The zero-order valence-electron chi connectivity index (χ0n) is 10.3. The van der Waals surface area contributed by atoms with Crippen LogP contribution < -0.4 is 11.2 Å². The van der Waals surface area contributed by atoms with E-state index >= 15 is 0 Å². The Morgan fingerprint density at radius 1 is 1.15 bits per heavy atom. The van der Waals surface area contributed by atoms with Crippen LogP contribution in [-0.4, -0.2) is 12.1 Å². The number of nitrogen functional groups attached to an aromatic ring is 1. The Morgan fingerprint density at radius 3 is 2.60 bits per heavy atom. The molecule has 2 aromatic rings. The summed E-state index contributed by atoms with van der Waals surface area (Å²) in [5, 5.41) is 4.74. The predicted octanol–water partition coefficient (Wildman–Crippen LogP) is 3.34. The number of para-hydroxylation sites is 1. The lowest BCUT2D eigenvalue weighted by Crippen LogP contribution is -2.18. The SMILES string of the molecule is Nc1ccccc1C(=O)N/N=C\c1ccc(Cl)c(Cl)c1. The van der Waals surface area contributed by atoms with Crippen molar-refractivity contribution in [2.45, 2.75) is 0 Å². The van der Waals surface area contributed by atoms with Gasteiger partial charge in [0.25, 0.3) is 5.91 Å². The Bertz CT molecular complexity index is 671. The van der Waals surface area contributed by atoms with Gasteiger partial charge in [0, 0.05) is 5.69 Å². The van der Waals surface area contributed by atoms with Crippen LogP contribution in [0.3, 0.4) is 0 Å². The molecule has 4 nitrogen and oxygen atoms in total. The molecule has 0 radical (unpaired) electrons. The second kappa shape index (κ2) is 6.41. The van der Waals surface area contributed by atoms with Gasteiger partial charge in [0.05, 0.1) is 21.8 Å². The highest BCUT2D eigenvalue weighted by Gasteiger charge is 2.06.